The molecule has 2 aromatic carbocycles. The molecule has 0 radical (unpaired) electrons. The van der Waals surface area contributed by atoms with E-state index in [2.05, 4.69) is 0 Å². The summed E-state index contributed by atoms with van der Waals surface area (Å²) in [6.07, 6.45) is 0. The molecule has 0 spiro atoms. The van der Waals surface area contributed by atoms with Crippen LogP contribution in [0, 0.1) is 0 Å². The van der Waals surface area contributed by atoms with Crippen molar-refractivity contribution in [2.75, 3.05) is 7.05 Å². The van der Waals surface area contributed by atoms with E-state index in [4.69, 9.17) is 21.2 Å². The highest BCUT2D eigenvalue weighted by Crippen LogP contribution is 2.24. The molecule has 2 N–H and O–H groups in total. The third-order valence-electron chi connectivity index (χ3n) is 3.96. The van der Waals surface area contributed by atoms with Crippen molar-refractivity contribution in [3.8, 4) is 11.3 Å². The maximum absolute atomic E-state index is 12.5. The van der Waals surface area contributed by atoms with Crippen LogP contribution in [0.1, 0.15) is 16.1 Å². The molecule has 0 aliphatic heterocycles. The Kier molecular flexibility index (Phi) is 5.36. The number of rotatable bonds is 5. The van der Waals surface area contributed by atoms with Gasteiger partial charge >= 0.3 is 0 Å². The van der Waals surface area contributed by atoms with E-state index in [-0.39, 0.29) is 17.3 Å². The fourth-order valence-corrected chi connectivity index (χ4v) is 3.19. The van der Waals surface area contributed by atoms with E-state index in [1.165, 1.54) is 29.2 Å². The normalized spacial score (nSPS) is 11.4. The van der Waals surface area contributed by atoms with Gasteiger partial charge in [-0.05, 0) is 60.7 Å². The summed E-state index contributed by atoms with van der Waals surface area (Å²) < 4.78 is 28.4. The van der Waals surface area contributed by atoms with Crippen molar-refractivity contribution in [1.82, 2.24) is 4.90 Å². The molecule has 6 nitrogen and oxygen atoms in total. The fourth-order valence-electron chi connectivity index (χ4n) is 2.55. The molecule has 3 rings (SSSR count). The summed E-state index contributed by atoms with van der Waals surface area (Å²) in [5.41, 5.74) is 1.24. The highest BCUT2D eigenvalue weighted by Gasteiger charge is 2.16. The maximum Gasteiger partial charge on any atom is 0.254 e. The molecular formula is C19H17ClN2O4S. The molecule has 0 bridgehead atoms. The first-order chi connectivity index (χ1) is 12.7. The summed E-state index contributed by atoms with van der Waals surface area (Å²) >= 11 is 5.89. The summed E-state index contributed by atoms with van der Waals surface area (Å²) in [6, 6.07) is 16.4. The van der Waals surface area contributed by atoms with Gasteiger partial charge in [-0.3, -0.25) is 4.79 Å². The van der Waals surface area contributed by atoms with Gasteiger partial charge in [0.05, 0.1) is 11.4 Å². The molecule has 1 heterocycles. The second-order valence-electron chi connectivity index (χ2n) is 6.00. The number of primary sulfonamides is 1. The third-order valence-corrected chi connectivity index (χ3v) is 5.14. The quantitative estimate of drug-likeness (QED) is 0.703. The summed E-state index contributed by atoms with van der Waals surface area (Å²) in [5.74, 6) is 1.04. The van der Waals surface area contributed by atoms with Crippen LogP contribution in [-0.2, 0) is 16.6 Å². The monoisotopic (exact) mass is 404 g/mol. The maximum atomic E-state index is 12.5. The molecule has 8 heteroatoms. The van der Waals surface area contributed by atoms with E-state index in [1.54, 1.807) is 25.2 Å². The minimum atomic E-state index is -3.79. The first kappa shape index (κ1) is 19.2. The van der Waals surface area contributed by atoms with Crippen LogP contribution >= 0.6 is 11.6 Å². The minimum absolute atomic E-state index is 0.0413. The van der Waals surface area contributed by atoms with E-state index < -0.39 is 10.0 Å². The lowest BCUT2D eigenvalue weighted by Gasteiger charge is -2.16. The van der Waals surface area contributed by atoms with Crippen molar-refractivity contribution >= 4 is 27.5 Å². The van der Waals surface area contributed by atoms with Crippen molar-refractivity contribution in [3.63, 3.8) is 0 Å². The molecule has 0 atom stereocenters. The van der Waals surface area contributed by atoms with E-state index in [0.717, 1.165) is 5.56 Å². The van der Waals surface area contributed by atoms with Crippen molar-refractivity contribution in [1.29, 1.82) is 0 Å². The Morgan fingerprint density at radius 3 is 2.26 bits per heavy atom. The zero-order valence-electron chi connectivity index (χ0n) is 14.4. The second kappa shape index (κ2) is 7.56. The van der Waals surface area contributed by atoms with Gasteiger partial charge in [-0.2, -0.15) is 0 Å². The number of amides is 1. The van der Waals surface area contributed by atoms with Crippen molar-refractivity contribution in [2.24, 2.45) is 5.14 Å². The molecule has 140 valence electrons. The molecule has 1 amide bonds. The van der Waals surface area contributed by atoms with Gasteiger partial charge in [0.2, 0.25) is 10.0 Å². The Morgan fingerprint density at radius 1 is 1.04 bits per heavy atom. The highest BCUT2D eigenvalue weighted by molar-refractivity contribution is 7.89. The number of nitrogens with zero attached hydrogens (tertiary/aromatic N) is 1. The first-order valence-corrected chi connectivity index (χ1v) is 9.89. The molecule has 27 heavy (non-hydrogen) atoms. The lowest BCUT2D eigenvalue weighted by molar-refractivity contribution is 0.0775. The first-order valence-electron chi connectivity index (χ1n) is 7.97. The third kappa shape index (κ3) is 4.57. The number of hydrogen-bond donors (Lipinski definition) is 1. The Hall–Kier alpha value is -2.61. The zero-order chi connectivity index (χ0) is 19.6. The summed E-state index contributed by atoms with van der Waals surface area (Å²) in [5, 5.41) is 5.70. The Bertz CT molecular complexity index is 1060. The van der Waals surface area contributed by atoms with Gasteiger partial charge in [0, 0.05) is 23.2 Å². The number of hydrogen-bond acceptors (Lipinski definition) is 4. The molecule has 0 saturated carbocycles. The number of carbonyl (C=O) groups excluding carboxylic acids is 1. The Morgan fingerprint density at radius 2 is 1.67 bits per heavy atom. The molecule has 0 unspecified atom stereocenters. The number of furan rings is 1. The second-order valence-corrected chi connectivity index (χ2v) is 8.00. The topological polar surface area (TPSA) is 93.6 Å². The van der Waals surface area contributed by atoms with Gasteiger partial charge in [-0.15, -0.1) is 0 Å². The number of carbonyl (C=O) groups is 1. The van der Waals surface area contributed by atoms with Gasteiger partial charge in [-0.1, -0.05) is 11.6 Å². The fraction of sp³-hybridized carbons (Fsp3) is 0.105. The van der Waals surface area contributed by atoms with E-state index in [0.29, 0.717) is 22.1 Å². The summed E-state index contributed by atoms with van der Waals surface area (Å²) in [6.45, 7) is 0.267. The predicted octanol–water partition coefficient (Wildman–Crippen LogP) is 3.52. The van der Waals surface area contributed by atoms with Crippen LogP contribution in [0.4, 0.5) is 0 Å². The smallest absolute Gasteiger partial charge is 0.254 e. The van der Waals surface area contributed by atoms with Crippen LogP contribution in [0.25, 0.3) is 11.3 Å². The summed E-state index contributed by atoms with van der Waals surface area (Å²) in [7, 11) is -2.15. The van der Waals surface area contributed by atoms with Crippen LogP contribution in [0.5, 0.6) is 0 Å². The van der Waals surface area contributed by atoms with Crippen molar-refractivity contribution < 1.29 is 17.6 Å². The van der Waals surface area contributed by atoms with E-state index in [9.17, 15) is 13.2 Å². The lowest BCUT2D eigenvalue weighted by atomic mass is 10.2. The molecule has 0 aliphatic carbocycles. The van der Waals surface area contributed by atoms with Gasteiger partial charge in [0.1, 0.15) is 11.5 Å². The van der Waals surface area contributed by atoms with Crippen LogP contribution in [-0.4, -0.2) is 26.3 Å². The molecule has 0 saturated heterocycles. The molecule has 0 fully saturated rings. The van der Waals surface area contributed by atoms with E-state index in [1.807, 2.05) is 18.2 Å². The number of benzene rings is 2. The van der Waals surface area contributed by atoms with Crippen LogP contribution < -0.4 is 5.14 Å². The van der Waals surface area contributed by atoms with E-state index >= 15 is 0 Å². The predicted molar refractivity (Wildman–Crippen MR) is 103 cm³/mol. The molecular weight excluding hydrogens is 388 g/mol. The number of nitrogens with two attached hydrogens (primary N) is 1. The van der Waals surface area contributed by atoms with Crippen LogP contribution in [0.3, 0.4) is 0 Å². The largest absolute Gasteiger partial charge is 0.459 e. The average molecular weight is 405 g/mol. The Balaban J connectivity index is 1.70. The van der Waals surface area contributed by atoms with Crippen molar-refractivity contribution in [3.05, 3.63) is 77.0 Å². The Labute approximate surface area is 162 Å². The van der Waals surface area contributed by atoms with Crippen LogP contribution in [0.15, 0.2) is 70.0 Å². The molecule has 3 aromatic rings. The van der Waals surface area contributed by atoms with Crippen LogP contribution in [0.2, 0.25) is 5.02 Å². The minimum Gasteiger partial charge on any atom is -0.459 e. The molecule has 1 aromatic heterocycles. The number of sulfonamides is 1. The number of halogens is 1. The van der Waals surface area contributed by atoms with Gasteiger partial charge < -0.3 is 9.32 Å². The summed E-state index contributed by atoms with van der Waals surface area (Å²) in [4.78, 5) is 14.0. The standard InChI is InChI=1S/C19H17ClN2O4S/c1-22(19(23)14-4-9-17(10-5-14)27(21,24)25)12-16-8-11-18(26-16)13-2-6-15(20)7-3-13/h2-11H,12H2,1H3,(H2,21,24,25). The van der Waals surface area contributed by atoms with Gasteiger partial charge in [0.25, 0.3) is 5.91 Å². The van der Waals surface area contributed by atoms with Gasteiger partial charge in [-0.25, -0.2) is 13.6 Å². The highest BCUT2D eigenvalue weighted by atomic mass is 35.5. The SMILES string of the molecule is CN(Cc1ccc(-c2ccc(Cl)cc2)o1)C(=O)c1ccc(S(N)(=O)=O)cc1. The van der Waals surface area contributed by atoms with Crippen molar-refractivity contribution in [2.45, 2.75) is 11.4 Å². The average Bonchev–Trinajstić information content (AvgIpc) is 3.09. The lowest BCUT2D eigenvalue weighted by Crippen LogP contribution is -2.26. The molecule has 0 aliphatic rings. The van der Waals surface area contributed by atoms with Gasteiger partial charge in [0.15, 0.2) is 0 Å². The zero-order valence-corrected chi connectivity index (χ0v) is 16.0.